The van der Waals surface area contributed by atoms with E-state index < -0.39 is 0 Å². The Bertz CT molecular complexity index is 419. The van der Waals surface area contributed by atoms with Crippen molar-refractivity contribution in [1.29, 1.82) is 0 Å². The van der Waals surface area contributed by atoms with Gasteiger partial charge in [-0.2, -0.15) is 0 Å². The van der Waals surface area contributed by atoms with E-state index >= 15 is 0 Å². The number of unbranched alkanes of at least 4 members (excludes halogenated alkanes) is 28. The Morgan fingerprint density at radius 3 is 0.892 bits per heavy atom. The first-order valence-electron chi connectivity index (χ1n) is 17.5. The van der Waals surface area contributed by atoms with Crippen molar-refractivity contribution in [3.63, 3.8) is 0 Å². The average molecular weight is 523 g/mol. The summed E-state index contributed by atoms with van der Waals surface area (Å²) in [4.78, 5) is 11.6. The summed E-state index contributed by atoms with van der Waals surface area (Å²) >= 11 is 0. The molecule has 0 radical (unpaired) electrons. The molecule has 0 aliphatic carbocycles. The highest BCUT2D eigenvalue weighted by Crippen LogP contribution is 2.16. The number of esters is 1. The summed E-state index contributed by atoms with van der Waals surface area (Å²) in [6.07, 6.45) is 42.2. The Morgan fingerprint density at radius 1 is 0.351 bits per heavy atom. The lowest BCUT2D eigenvalue weighted by atomic mass is 10.0. The van der Waals surface area contributed by atoms with Crippen molar-refractivity contribution in [2.45, 2.75) is 213 Å². The zero-order valence-corrected chi connectivity index (χ0v) is 25.9. The van der Waals surface area contributed by atoms with Crippen molar-refractivity contribution in [2.75, 3.05) is 6.61 Å². The first-order chi connectivity index (χ1) is 18.3. The van der Waals surface area contributed by atoms with Gasteiger partial charge in [-0.25, -0.2) is 0 Å². The first-order valence-corrected chi connectivity index (χ1v) is 17.5. The van der Waals surface area contributed by atoms with Gasteiger partial charge in [-0.1, -0.05) is 194 Å². The van der Waals surface area contributed by atoms with Crippen LogP contribution in [0.4, 0.5) is 0 Å². The maximum atomic E-state index is 11.6. The van der Waals surface area contributed by atoms with E-state index in [-0.39, 0.29) is 5.97 Å². The van der Waals surface area contributed by atoms with Crippen molar-refractivity contribution in [3.8, 4) is 0 Å². The van der Waals surface area contributed by atoms with Crippen LogP contribution in [0.25, 0.3) is 0 Å². The highest BCUT2D eigenvalue weighted by Gasteiger charge is 2.02. The Labute approximate surface area is 234 Å². The predicted molar refractivity (Wildman–Crippen MR) is 165 cm³/mol. The molecule has 0 bridgehead atoms. The molecule has 0 spiro atoms. The molecule has 0 aliphatic heterocycles. The standard InChI is InChI=1S/C35H70O2/c1-3-5-7-8-9-10-11-12-13-14-15-16-17-18-19-20-21-22-23-24-25-26-27-28-29-30-31-33-35(36)37-34-32-6-4-2/h3-34H2,1-2H3. The van der Waals surface area contributed by atoms with Crippen LogP contribution in [0.1, 0.15) is 213 Å². The molecule has 0 saturated heterocycles. The molecular formula is C35H70O2. The second-order valence-corrected chi connectivity index (χ2v) is 11.9. The second kappa shape index (κ2) is 33.5. The van der Waals surface area contributed by atoms with E-state index in [0.29, 0.717) is 13.0 Å². The van der Waals surface area contributed by atoms with Crippen LogP contribution in [-0.2, 0) is 9.53 Å². The molecule has 0 saturated carbocycles. The second-order valence-electron chi connectivity index (χ2n) is 11.9. The summed E-state index contributed by atoms with van der Waals surface area (Å²) in [5, 5.41) is 0. The minimum Gasteiger partial charge on any atom is -0.466 e. The van der Waals surface area contributed by atoms with E-state index in [2.05, 4.69) is 13.8 Å². The molecule has 0 aromatic rings. The topological polar surface area (TPSA) is 26.3 Å². The van der Waals surface area contributed by atoms with Gasteiger partial charge in [-0.05, 0) is 12.8 Å². The highest BCUT2D eigenvalue weighted by molar-refractivity contribution is 5.69. The number of hydrogen-bond acceptors (Lipinski definition) is 2. The predicted octanol–water partition coefficient (Wildman–Crippen LogP) is 12.7. The third-order valence-electron chi connectivity index (χ3n) is 8.00. The van der Waals surface area contributed by atoms with Gasteiger partial charge >= 0.3 is 5.97 Å². The molecule has 0 heterocycles. The van der Waals surface area contributed by atoms with E-state index in [0.717, 1.165) is 19.3 Å². The number of rotatable bonds is 32. The Balaban J connectivity index is 3.07. The maximum Gasteiger partial charge on any atom is 0.305 e. The molecule has 0 amide bonds. The zero-order chi connectivity index (χ0) is 26.9. The SMILES string of the molecule is CCCCCCCCCCCCCCCCCCCCCCCCCCCCCC(=O)OCCCCC. The molecule has 222 valence electrons. The van der Waals surface area contributed by atoms with E-state index in [9.17, 15) is 4.79 Å². The molecule has 2 nitrogen and oxygen atoms in total. The van der Waals surface area contributed by atoms with Gasteiger partial charge in [0.25, 0.3) is 0 Å². The third kappa shape index (κ3) is 33.4. The van der Waals surface area contributed by atoms with E-state index in [1.165, 1.54) is 173 Å². The lowest BCUT2D eigenvalue weighted by molar-refractivity contribution is -0.143. The monoisotopic (exact) mass is 523 g/mol. The number of carbonyl (C=O) groups is 1. The van der Waals surface area contributed by atoms with Gasteiger partial charge in [-0.15, -0.1) is 0 Å². The molecule has 0 aliphatic rings. The van der Waals surface area contributed by atoms with Gasteiger partial charge in [0.2, 0.25) is 0 Å². The van der Waals surface area contributed by atoms with Crippen LogP contribution in [0.15, 0.2) is 0 Å². The van der Waals surface area contributed by atoms with Gasteiger partial charge < -0.3 is 4.74 Å². The van der Waals surface area contributed by atoms with Crippen LogP contribution < -0.4 is 0 Å². The molecule has 37 heavy (non-hydrogen) atoms. The molecule has 2 heteroatoms. The van der Waals surface area contributed by atoms with Crippen molar-refractivity contribution < 1.29 is 9.53 Å². The largest absolute Gasteiger partial charge is 0.466 e. The number of hydrogen-bond donors (Lipinski definition) is 0. The van der Waals surface area contributed by atoms with Gasteiger partial charge in [-0.3, -0.25) is 4.79 Å². The lowest BCUT2D eigenvalue weighted by Gasteiger charge is -2.05. The Morgan fingerprint density at radius 2 is 0.595 bits per heavy atom. The lowest BCUT2D eigenvalue weighted by Crippen LogP contribution is -2.05. The van der Waals surface area contributed by atoms with Crippen LogP contribution in [0.3, 0.4) is 0 Å². The molecule has 0 fully saturated rings. The normalized spacial score (nSPS) is 11.3. The summed E-state index contributed by atoms with van der Waals surface area (Å²) < 4.78 is 5.26. The van der Waals surface area contributed by atoms with Crippen molar-refractivity contribution >= 4 is 5.97 Å². The van der Waals surface area contributed by atoms with Crippen molar-refractivity contribution in [3.05, 3.63) is 0 Å². The first kappa shape index (κ1) is 36.5. The third-order valence-corrected chi connectivity index (χ3v) is 8.00. The van der Waals surface area contributed by atoms with Crippen LogP contribution in [0.5, 0.6) is 0 Å². The van der Waals surface area contributed by atoms with Gasteiger partial charge in [0.05, 0.1) is 6.61 Å². The van der Waals surface area contributed by atoms with Crippen LogP contribution in [0, 0.1) is 0 Å². The zero-order valence-electron chi connectivity index (χ0n) is 25.9. The summed E-state index contributed by atoms with van der Waals surface area (Å²) in [5.74, 6) is 0.00990. The average Bonchev–Trinajstić information content (AvgIpc) is 2.90. The van der Waals surface area contributed by atoms with E-state index in [1.54, 1.807) is 0 Å². The van der Waals surface area contributed by atoms with Crippen molar-refractivity contribution in [1.82, 2.24) is 0 Å². The van der Waals surface area contributed by atoms with Crippen LogP contribution >= 0.6 is 0 Å². The molecule has 0 aromatic heterocycles. The summed E-state index contributed by atoms with van der Waals surface area (Å²) in [5.41, 5.74) is 0. The quantitative estimate of drug-likeness (QED) is 0.0648. The summed E-state index contributed by atoms with van der Waals surface area (Å²) in [6.45, 7) is 5.09. The van der Waals surface area contributed by atoms with Gasteiger partial charge in [0, 0.05) is 6.42 Å². The minimum absolute atomic E-state index is 0.00990. The minimum atomic E-state index is 0.00990. The molecular weight excluding hydrogens is 452 g/mol. The summed E-state index contributed by atoms with van der Waals surface area (Å²) in [7, 11) is 0. The molecule has 0 atom stereocenters. The van der Waals surface area contributed by atoms with Crippen LogP contribution in [0.2, 0.25) is 0 Å². The maximum absolute atomic E-state index is 11.6. The number of carbonyl (C=O) groups excluding carboxylic acids is 1. The van der Waals surface area contributed by atoms with Crippen LogP contribution in [-0.4, -0.2) is 12.6 Å². The molecule has 0 unspecified atom stereocenters. The van der Waals surface area contributed by atoms with Gasteiger partial charge in [0.1, 0.15) is 0 Å². The Kier molecular flexibility index (Phi) is 33.0. The van der Waals surface area contributed by atoms with Crippen molar-refractivity contribution in [2.24, 2.45) is 0 Å². The number of ether oxygens (including phenoxy) is 1. The fourth-order valence-corrected chi connectivity index (χ4v) is 5.37. The molecule has 0 N–H and O–H groups in total. The smallest absolute Gasteiger partial charge is 0.305 e. The fourth-order valence-electron chi connectivity index (χ4n) is 5.37. The summed E-state index contributed by atoms with van der Waals surface area (Å²) in [6, 6.07) is 0. The molecule has 0 rings (SSSR count). The molecule has 0 aromatic carbocycles. The van der Waals surface area contributed by atoms with E-state index in [1.807, 2.05) is 0 Å². The van der Waals surface area contributed by atoms with E-state index in [4.69, 9.17) is 4.74 Å². The Hall–Kier alpha value is -0.530. The van der Waals surface area contributed by atoms with Gasteiger partial charge in [0.15, 0.2) is 0 Å². The fraction of sp³-hybridized carbons (Fsp3) is 0.971. The highest BCUT2D eigenvalue weighted by atomic mass is 16.5.